The van der Waals surface area contributed by atoms with Crippen LogP contribution >= 0.6 is 11.6 Å². The van der Waals surface area contributed by atoms with Crippen LogP contribution in [0.5, 0.6) is 0 Å². The smallest absolute Gasteiger partial charge is 0.307 e. The first-order chi connectivity index (χ1) is 8.13. The molecule has 1 aromatic carbocycles. The summed E-state index contributed by atoms with van der Waals surface area (Å²) in [7, 11) is 0. The lowest BCUT2D eigenvalue weighted by Crippen LogP contribution is -2.22. The molecule has 4 heteroatoms. The van der Waals surface area contributed by atoms with E-state index in [0.29, 0.717) is 19.6 Å². The van der Waals surface area contributed by atoms with E-state index in [4.69, 9.17) is 16.3 Å². The minimum atomic E-state index is -0.164. The quantitative estimate of drug-likeness (QED) is 0.795. The average Bonchev–Trinajstić information content (AvgIpc) is 2.30. The van der Waals surface area contributed by atoms with Crippen LogP contribution in [0.1, 0.15) is 31.9 Å². The predicted octanol–water partition coefficient (Wildman–Crippen LogP) is 2.94. The number of carbonyl (C=O) groups excluding carboxylic acids is 1. The summed E-state index contributed by atoms with van der Waals surface area (Å²) in [6.07, 6.45) is 0.395. The number of benzene rings is 1. The van der Waals surface area contributed by atoms with Gasteiger partial charge in [-0.1, -0.05) is 23.7 Å². The Morgan fingerprint density at radius 3 is 2.65 bits per heavy atom. The van der Waals surface area contributed by atoms with Gasteiger partial charge in [0.15, 0.2) is 0 Å². The lowest BCUT2D eigenvalue weighted by molar-refractivity contribution is -0.143. The van der Waals surface area contributed by atoms with Gasteiger partial charge in [-0.3, -0.25) is 4.79 Å². The normalized spacial score (nSPS) is 12.2. The van der Waals surface area contributed by atoms with Gasteiger partial charge in [0.25, 0.3) is 0 Å². The molecule has 0 bridgehead atoms. The second-order valence-corrected chi connectivity index (χ2v) is 4.22. The van der Waals surface area contributed by atoms with Gasteiger partial charge in [-0.25, -0.2) is 0 Å². The van der Waals surface area contributed by atoms with Gasteiger partial charge >= 0.3 is 5.97 Å². The van der Waals surface area contributed by atoms with Gasteiger partial charge in [0.2, 0.25) is 0 Å². The lowest BCUT2D eigenvalue weighted by atomic mass is 10.1. The van der Waals surface area contributed by atoms with E-state index in [1.807, 2.05) is 38.1 Å². The minimum Gasteiger partial charge on any atom is -0.466 e. The van der Waals surface area contributed by atoms with Crippen molar-refractivity contribution >= 4 is 17.6 Å². The van der Waals surface area contributed by atoms with Crippen molar-refractivity contribution in [3.63, 3.8) is 0 Å². The fourth-order valence-corrected chi connectivity index (χ4v) is 1.62. The number of hydrogen-bond donors (Lipinski definition) is 1. The molecule has 0 aliphatic rings. The standard InChI is InChI=1S/C13H18ClNO2/c1-3-17-13(16)8-9-15-10(2)11-4-6-12(14)7-5-11/h4-7,10,15H,3,8-9H2,1-2H3/t10-/m0/s1. The highest BCUT2D eigenvalue weighted by Gasteiger charge is 2.06. The number of hydrogen-bond acceptors (Lipinski definition) is 3. The highest BCUT2D eigenvalue weighted by atomic mass is 35.5. The van der Waals surface area contributed by atoms with Gasteiger partial charge in [0.1, 0.15) is 0 Å². The van der Waals surface area contributed by atoms with E-state index in [1.54, 1.807) is 0 Å². The molecule has 0 aliphatic carbocycles. The zero-order valence-electron chi connectivity index (χ0n) is 10.2. The third kappa shape index (κ3) is 5.20. The molecule has 3 nitrogen and oxygen atoms in total. The first-order valence-electron chi connectivity index (χ1n) is 5.78. The predicted molar refractivity (Wildman–Crippen MR) is 69.1 cm³/mol. The summed E-state index contributed by atoms with van der Waals surface area (Å²) in [5, 5.41) is 3.99. The highest BCUT2D eigenvalue weighted by Crippen LogP contribution is 2.15. The lowest BCUT2D eigenvalue weighted by Gasteiger charge is -2.13. The maximum atomic E-state index is 11.1. The molecule has 0 aliphatic heterocycles. The molecule has 0 fully saturated rings. The molecular weight excluding hydrogens is 238 g/mol. The van der Waals surface area contributed by atoms with Crippen LogP contribution in [0.4, 0.5) is 0 Å². The number of halogens is 1. The van der Waals surface area contributed by atoms with Crippen LogP contribution in [0.3, 0.4) is 0 Å². The summed E-state index contributed by atoms with van der Waals surface area (Å²) in [4.78, 5) is 11.1. The molecule has 0 amide bonds. The fraction of sp³-hybridized carbons (Fsp3) is 0.462. The highest BCUT2D eigenvalue weighted by molar-refractivity contribution is 6.30. The molecule has 1 rings (SSSR count). The summed E-state index contributed by atoms with van der Waals surface area (Å²) in [5.74, 6) is -0.164. The first-order valence-corrected chi connectivity index (χ1v) is 6.15. The van der Waals surface area contributed by atoms with E-state index in [-0.39, 0.29) is 12.0 Å². The molecule has 1 aromatic rings. The zero-order chi connectivity index (χ0) is 12.7. The second-order valence-electron chi connectivity index (χ2n) is 3.78. The average molecular weight is 256 g/mol. The molecule has 0 saturated carbocycles. The monoisotopic (exact) mass is 255 g/mol. The number of esters is 1. The number of ether oxygens (including phenoxy) is 1. The number of rotatable bonds is 6. The van der Waals surface area contributed by atoms with E-state index in [0.717, 1.165) is 10.6 Å². The summed E-state index contributed by atoms with van der Waals surface area (Å²) >= 11 is 5.82. The Kier molecular flexibility index (Phi) is 6.01. The Labute approximate surface area is 107 Å². The van der Waals surface area contributed by atoms with Gasteiger partial charge in [-0.05, 0) is 31.5 Å². The first kappa shape index (κ1) is 14.0. The molecule has 0 heterocycles. The van der Waals surface area contributed by atoms with Gasteiger partial charge in [0, 0.05) is 17.6 Å². The summed E-state index contributed by atoms with van der Waals surface area (Å²) < 4.78 is 4.85. The van der Waals surface area contributed by atoms with Crippen LogP contribution in [0.25, 0.3) is 0 Å². The van der Waals surface area contributed by atoms with E-state index in [9.17, 15) is 4.79 Å². The van der Waals surface area contributed by atoms with Crippen molar-refractivity contribution in [1.82, 2.24) is 5.32 Å². The maximum absolute atomic E-state index is 11.1. The van der Waals surface area contributed by atoms with Crippen LogP contribution in [0.15, 0.2) is 24.3 Å². The van der Waals surface area contributed by atoms with E-state index < -0.39 is 0 Å². The molecule has 0 unspecified atom stereocenters. The van der Waals surface area contributed by atoms with Crippen LogP contribution in [0.2, 0.25) is 5.02 Å². The molecular formula is C13H18ClNO2. The van der Waals surface area contributed by atoms with Gasteiger partial charge < -0.3 is 10.1 Å². The van der Waals surface area contributed by atoms with Crippen LogP contribution in [-0.2, 0) is 9.53 Å². The topological polar surface area (TPSA) is 38.3 Å². The van der Waals surface area contributed by atoms with Crippen molar-refractivity contribution in [2.75, 3.05) is 13.2 Å². The van der Waals surface area contributed by atoms with Crippen molar-refractivity contribution < 1.29 is 9.53 Å². The van der Waals surface area contributed by atoms with Crippen molar-refractivity contribution in [3.8, 4) is 0 Å². The molecule has 0 radical (unpaired) electrons. The Hall–Kier alpha value is -1.06. The third-order valence-electron chi connectivity index (χ3n) is 2.45. The zero-order valence-corrected chi connectivity index (χ0v) is 11.0. The number of nitrogens with one attached hydrogen (secondary N) is 1. The molecule has 94 valence electrons. The summed E-state index contributed by atoms with van der Waals surface area (Å²) in [6.45, 7) is 4.91. The van der Waals surface area contributed by atoms with E-state index >= 15 is 0 Å². The number of carbonyl (C=O) groups is 1. The Morgan fingerprint density at radius 2 is 2.06 bits per heavy atom. The fourth-order valence-electron chi connectivity index (χ4n) is 1.49. The van der Waals surface area contributed by atoms with Crippen LogP contribution in [0, 0.1) is 0 Å². The third-order valence-corrected chi connectivity index (χ3v) is 2.71. The van der Waals surface area contributed by atoms with Gasteiger partial charge in [-0.2, -0.15) is 0 Å². The molecule has 1 atom stereocenters. The minimum absolute atomic E-state index is 0.164. The summed E-state index contributed by atoms with van der Waals surface area (Å²) in [5.41, 5.74) is 1.15. The SMILES string of the molecule is CCOC(=O)CCN[C@@H](C)c1ccc(Cl)cc1. The molecule has 0 aromatic heterocycles. The Bertz CT molecular complexity index is 351. The summed E-state index contributed by atoms with van der Waals surface area (Å²) in [6, 6.07) is 7.87. The van der Waals surface area contributed by atoms with Crippen molar-refractivity contribution in [3.05, 3.63) is 34.9 Å². The van der Waals surface area contributed by atoms with Crippen molar-refractivity contribution in [2.45, 2.75) is 26.3 Å². The van der Waals surface area contributed by atoms with E-state index in [2.05, 4.69) is 5.32 Å². The van der Waals surface area contributed by atoms with Crippen molar-refractivity contribution in [2.24, 2.45) is 0 Å². The molecule has 0 saturated heterocycles. The van der Waals surface area contributed by atoms with Crippen molar-refractivity contribution in [1.29, 1.82) is 0 Å². The van der Waals surface area contributed by atoms with Gasteiger partial charge in [0.05, 0.1) is 13.0 Å². The van der Waals surface area contributed by atoms with Crippen LogP contribution < -0.4 is 5.32 Å². The molecule has 1 N–H and O–H groups in total. The Morgan fingerprint density at radius 1 is 1.41 bits per heavy atom. The van der Waals surface area contributed by atoms with Crippen LogP contribution in [-0.4, -0.2) is 19.1 Å². The second kappa shape index (κ2) is 7.30. The van der Waals surface area contributed by atoms with E-state index in [1.165, 1.54) is 0 Å². The maximum Gasteiger partial charge on any atom is 0.307 e. The molecule has 17 heavy (non-hydrogen) atoms. The Balaban J connectivity index is 2.32. The van der Waals surface area contributed by atoms with Gasteiger partial charge in [-0.15, -0.1) is 0 Å². The molecule has 0 spiro atoms. The largest absolute Gasteiger partial charge is 0.466 e.